The molecule has 0 aliphatic rings. The highest BCUT2D eigenvalue weighted by Crippen LogP contribution is 2.26. The standard InChI is InChI=1S/C6H6N4S3/c7-5-8-1-4(12-5)2-11-6-9-3-10-13-6/h1,3H,2H2,(H2,7,8). The lowest BCUT2D eigenvalue weighted by atomic mass is 10.6. The quantitative estimate of drug-likeness (QED) is 0.815. The van der Waals surface area contributed by atoms with E-state index < -0.39 is 0 Å². The smallest absolute Gasteiger partial charge is 0.180 e. The monoisotopic (exact) mass is 230 g/mol. The molecule has 0 spiro atoms. The Morgan fingerprint density at radius 3 is 3.00 bits per heavy atom. The maximum Gasteiger partial charge on any atom is 0.180 e. The Morgan fingerprint density at radius 2 is 2.38 bits per heavy atom. The van der Waals surface area contributed by atoms with E-state index in [1.807, 2.05) is 0 Å². The molecule has 0 aliphatic carbocycles. The van der Waals surface area contributed by atoms with Crippen molar-refractivity contribution in [2.45, 2.75) is 10.1 Å². The second-order valence-corrected chi connectivity index (χ2v) is 5.31. The van der Waals surface area contributed by atoms with Crippen LogP contribution in [0.2, 0.25) is 0 Å². The first-order chi connectivity index (χ1) is 6.34. The number of aromatic nitrogens is 3. The molecule has 0 saturated heterocycles. The van der Waals surface area contributed by atoms with Gasteiger partial charge in [0.1, 0.15) is 6.33 Å². The Bertz CT molecular complexity index is 369. The van der Waals surface area contributed by atoms with Crippen LogP contribution < -0.4 is 5.73 Å². The summed E-state index contributed by atoms with van der Waals surface area (Å²) in [7, 11) is 0. The van der Waals surface area contributed by atoms with E-state index in [1.165, 1.54) is 22.9 Å². The van der Waals surface area contributed by atoms with Gasteiger partial charge in [-0.25, -0.2) is 9.97 Å². The fraction of sp³-hybridized carbons (Fsp3) is 0.167. The maximum atomic E-state index is 5.50. The molecule has 0 saturated carbocycles. The molecule has 0 bridgehead atoms. The number of thioether (sulfide) groups is 1. The van der Waals surface area contributed by atoms with Crippen LogP contribution in [0.1, 0.15) is 4.88 Å². The topological polar surface area (TPSA) is 64.7 Å². The minimum absolute atomic E-state index is 0.618. The summed E-state index contributed by atoms with van der Waals surface area (Å²) >= 11 is 4.57. The first kappa shape index (κ1) is 8.92. The van der Waals surface area contributed by atoms with Crippen molar-refractivity contribution in [2.24, 2.45) is 0 Å². The first-order valence-electron chi connectivity index (χ1n) is 3.44. The molecule has 0 atom stereocenters. The molecule has 2 N–H and O–H groups in total. The Morgan fingerprint density at radius 1 is 1.46 bits per heavy atom. The maximum absolute atomic E-state index is 5.50. The zero-order valence-corrected chi connectivity index (χ0v) is 8.96. The summed E-state index contributed by atoms with van der Waals surface area (Å²) < 4.78 is 4.89. The van der Waals surface area contributed by atoms with Crippen LogP contribution in [0, 0.1) is 0 Å². The molecule has 2 aromatic heterocycles. The molecule has 0 unspecified atom stereocenters. The molecular formula is C6H6N4S3. The number of thiazole rings is 1. The van der Waals surface area contributed by atoms with Crippen molar-refractivity contribution >= 4 is 39.8 Å². The Hall–Kier alpha value is -0.660. The van der Waals surface area contributed by atoms with Gasteiger partial charge in [-0.3, -0.25) is 0 Å². The van der Waals surface area contributed by atoms with Crippen molar-refractivity contribution in [1.82, 2.24) is 14.3 Å². The molecule has 0 aliphatic heterocycles. The van der Waals surface area contributed by atoms with Gasteiger partial charge in [0.25, 0.3) is 0 Å². The van der Waals surface area contributed by atoms with E-state index in [0.717, 1.165) is 15.0 Å². The highest BCUT2D eigenvalue weighted by Gasteiger charge is 2.01. The van der Waals surface area contributed by atoms with Gasteiger partial charge in [0.2, 0.25) is 0 Å². The minimum Gasteiger partial charge on any atom is -0.375 e. The first-order valence-corrected chi connectivity index (χ1v) is 6.02. The van der Waals surface area contributed by atoms with Crippen molar-refractivity contribution in [2.75, 3.05) is 5.73 Å². The Balaban J connectivity index is 1.93. The molecule has 2 rings (SSSR count). The Labute approximate surface area is 87.4 Å². The van der Waals surface area contributed by atoms with Gasteiger partial charge in [-0.15, -0.1) is 11.3 Å². The molecule has 4 nitrogen and oxygen atoms in total. The fourth-order valence-electron chi connectivity index (χ4n) is 0.749. The second-order valence-electron chi connectivity index (χ2n) is 2.16. The van der Waals surface area contributed by atoms with Gasteiger partial charge in [0, 0.05) is 16.8 Å². The number of hydrogen-bond donors (Lipinski definition) is 1. The largest absolute Gasteiger partial charge is 0.375 e. The van der Waals surface area contributed by atoms with Crippen LogP contribution >= 0.6 is 34.6 Å². The van der Waals surface area contributed by atoms with E-state index in [-0.39, 0.29) is 0 Å². The molecule has 13 heavy (non-hydrogen) atoms. The van der Waals surface area contributed by atoms with Crippen molar-refractivity contribution in [3.63, 3.8) is 0 Å². The molecule has 0 amide bonds. The molecule has 0 radical (unpaired) electrons. The van der Waals surface area contributed by atoms with Crippen LogP contribution in [0.5, 0.6) is 0 Å². The van der Waals surface area contributed by atoms with E-state index >= 15 is 0 Å². The third-order valence-electron chi connectivity index (χ3n) is 1.25. The van der Waals surface area contributed by atoms with Crippen molar-refractivity contribution in [1.29, 1.82) is 0 Å². The number of nitrogens with two attached hydrogens (primary N) is 1. The molecule has 7 heteroatoms. The summed E-state index contributed by atoms with van der Waals surface area (Å²) in [6.45, 7) is 0. The van der Waals surface area contributed by atoms with Crippen LogP contribution in [-0.2, 0) is 5.75 Å². The average molecular weight is 230 g/mol. The van der Waals surface area contributed by atoms with Crippen LogP contribution in [0.3, 0.4) is 0 Å². The number of anilines is 1. The predicted octanol–water partition coefficient (Wildman–Crippen LogP) is 1.87. The lowest BCUT2D eigenvalue weighted by Crippen LogP contribution is -1.77. The summed E-state index contributed by atoms with van der Waals surface area (Å²) in [6.07, 6.45) is 3.36. The predicted molar refractivity (Wildman–Crippen MR) is 56.0 cm³/mol. The van der Waals surface area contributed by atoms with Gasteiger partial charge in [0.15, 0.2) is 9.47 Å². The van der Waals surface area contributed by atoms with Gasteiger partial charge < -0.3 is 5.73 Å². The summed E-state index contributed by atoms with van der Waals surface area (Å²) in [4.78, 5) is 9.19. The Kier molecular flexibility index (Phi) is 2.77. The molecular weight excluding hydrogens is 224 g/mol. The van der Waals surface area contributed by atoms with Crippen LogP contribution in [0.4, 0.5) is 5.13 Å². The lowest BCUT2D eigenvalue weighted by molar-refractivity contribution is 1.21. The lowest BCUT2D eigenvalue weighted by Gasteiger charge is -1.90. The van der Waals surface area contributed by atoms with E-state index in [2.05, 4.69) is 14.3 Å². The summed E-state index contributed by atoms with van der Waals surface area (Å²) in [6, 6.07) is 0. The van der Waals surface area contributed by atoms with Crippen molar-refractivity contribution < 1.29 is 0 Å². The highest BCUT2D eigenvalue weighted by molar-refractivity contribution is 8.00. The van der Waals surface area contributed by atoms with Gasteiger partial charge in [-0.1, -0.05) is 11.8 Å². The third-order valence-corrected chi connectivity index (χ3v) is 4.11. The van der Waals surface area contributed by atoms with Gasteiger partial charge >= 0.3 is 0 Å². The zero-order chi connectivity index (χ0) is 9.10. The SMILES string of the molecule is Nc1ncc(CSc2ncns2)s1. The number of hydrogen-bond acceptors (Lipinski definition) is 7. The zero-order valence-electron chi connectivity index (χ0n) is 6.51. The molecule has 68 valence electrons. The van der Waals surface area contributed by atoms with E-state index in [1.54, 1.807) is 24.3 Å². The number of nitrogens with zero attached hydrogens (tertiary/aromatic N) is 3. The van der Waals surface area contributed by atoms with E-state index in [4.69, 9.17) is 5.73 Å². The van der Waals surface area contributed by atoms with Crippen LogP contribution in [0.25, 0.3) is 0 Å². The minimum atomic E-state index is 0.618. The fourth-order valence-corrected chi connectivity index (χ4v) is 2.90. The van der Waals surface area contributed by atoms with Gasteiger partial charge in [-0.2, -0.15) is 4.37 Å². The van der Waals surface area contributed by atoms with Crippen molar-refractivity contribution in [3.8, 4) is 0 Å². The summed E-state index contributed by atoms with van der Waals surface area (Å²) in [5, 5.41) is 0.618. The van der Waals surface area contributed by atoms with E-state index in [9.17, 15) is 0 Å². The number of nitrogen functional groups attached to an aromatic ring is 1. The second kappa shape index (κ2) is 4.03. The molecule has 0 aromatic carbocycles. The summed E-state index contributed by atoms with van der Waals surface area (Å²) in [5.74, 6) is 0.865. The van der Waals surface area contributed by atoms with Gasteiger partial charge in [0.05, 0.1) is 0 Å². The molecule has 2 heterocycles. The molecule has 0 fully saturated rings. The normalized spacial score (nSPS) is 10.5. The average Bonchev–Trinajstić information content (AvgIpc) is 2.71. The third kappa shape index (κ3) is 2.39. The van der Waals surface area contributed by atoms with Crippen LogP contribution in [0.15, 0.2) is 16.9 Å². The van der Waals surface area contributed by atoms with Crippen molar-refractivity contribution in [3.05, 3.63) is 17.4 Å². The van der Waals surface area contributed by atoms with Crippen LogP contribution in [-0.4, -0.2) is 14.3 Å². The number of rotatable bonds is 3. The van der Waals surface area contributed by atoms with E-state index in [0.29, 0.717) is 5.13 Å². The highest BCUT2D eigenvalue weighted by atomic mass is 32.2. The summed E-state index contributed by atoms with van der Waals surface area (Å²) in [5.41, 5.74) is 5.50. The molecule has 2 aromatic rings. The van der Waals surface area contributed by atoms with Gasteiger partial charge in [-0.05, 0) is 11.5 Å².